The van der Waals surface area contributed by atoms with E-state index in [1.807, 2.05) is 24.3 Å². The van der Waals surface area contributed by atoms with Gasteiger partial charge in [0.2, 0.25) is 5.89 Å². The third-order valence-electron chi connectivity index (χ3n) is 4.65. The molecule has 0 unspecified atom stereocenters. The summed E-state index contributed by atoms with van der Waals surface area (Å²) in [5, 5.41) is 6.75. The van der Waals surface area contributed by atoms with Crippen LogP contribution in [0.15, 0.2) is 63.8 Å². The minimum Gasteiger partial charge on any atom is -0.454 e. The first-order valence-corrected chi connectivity index (χ1v) is 9.65. The highest BCUT2D eigenvalue weighted by molar-refractivity contribution is 5.93. The molecule has 8 nitrogen and oxygen atoms in total. The Morgan fingerprint density at radius 3 is 2.57 bits per heavy atom. The Kier molecular flexibility index (Phi) is 6.79. The molecule has 1 heterocycles. The Hall–Kier alpha value is -3.68. The number of rotatable bonds is 8. The largest absolute Gasteiger partial charge is 0.454 e. The molecule has 0 fully saturated rings. The zero-order valence-corrected chi connectivity index (χ0v) is 16.8. The van der Waals surface area contributed by atoms with Gasteiger partial charge in [0.25, 0.3) is 5.91 Å². The number of nitrogens with zero attached hydrogens (tertiary/aromatic N) is 2. The minimum absolute atomic E-state index is 0.104. The van der Waals surface area contributed by atoms with Gasteiger partial charge in [0, 0.05) is 11.3 Å². The van der Waals surface area contributed by atoms with E-state index in [-0.39, 0.29) is 11.8 Å². The van der Waals surface area contributed by atoms with Crippen molar-refractivity contribution in [3.63, 3.8) is 0 Å². The van der Waals surface area contributed by atoms with Gasteiger partial charge in [0.15, 0.2) is 6.61 Å². The van der Waals surface area contributed by atoms with Gasteiger partial charge in [-0.15, -0.1) is 5.10 Å². The number of para-hydroxylation sites is 1. The van der Waals surface area contributed by atoms with Crippen LogP contribution in [0.5, 0.6) is 0 Å². The second-order valence-corrected chi connectivity index (χ2v) is 6.80. The Morgan fingerprint density at radius 2 is 1.83 bits per heavy atom. The van der Waals surface area contributed by atoms with Crippen molar-refractivity contribution in [1.29, 1.82) is 0 Å². The van der Waals surface area contributed by atoms with E-state index in [9.17, 15) is 14.4 Å². The summed E-state index contributed by atoms with van der Waals surface area (Å²) in [6.45, 7) is 3.22. The first kappa shape index (κ1) is 21.0. The van der Waals surface area contributed by atoms with Gasteiger partial charge < -0.3 is 14.5 Å². The number of amides is 1. The summed E-state index contributed by atoms with van der Waals surface area (Å²) in [5.41, 5.74) is 2.32. The smallest absolute Gasteiger partial charge is 0.437 e. The van der Waals surface area contributed by atoms with Gasteiger partial charge in [-0.2, -0.15) is 4.68 Å². The lowest BCUT2D eigenvalue weighted by molar-refractivity contribution is -0.148. The molecule has 0 aliphatic heterocycles. The van der Waals surface area contributed by atoms with Crippen LogP contribution in [0.4, 0.5) is 5.69 Å². The molecule has 2 aromatic carbocycles. The highest BCUT2D eigenvalue weighted by atomic mass is 16.5. The van der Waals surface area contributed by atoms with Gasteiger partial charge in [0.1, 0.15) is 6.54 Å². The van der Waals surface area contributed by atoms with Gasteiger partial charge in [-0.25, -0.2) is 4.79 Å². The van der Waals surface area contributed by atoms with Crippen molar-refractivity contribution in [1.82, 2.24) is 9.78 Å². The number of hydrogen-bond donors (Lipinski definition) is 1. The van der Waals surface area contributed by atoms with E-state index in [1.54, 1.807) is 30.3 Å². The number of esters is 1. The van der Waals surface area contributed by atoms with Crippen molar-refractivity contribution in [2.24, 2.45) is 0 Å². The molecule has 0 saturated carbocycles. The van der Waals surface area contributed by atoms with Crippen LogP contribution in [0.1, 0.15) is 31.7 Å². The summed E-state index contributed by atoms with van der Waals surface area (Å²) < 4.78 is 10.9. The van der Waals surface area contributed by atoms with Gasteiger partial charge >= 0.3 is 11.7 Å². The van der Waals surface area contributed by atoms with Crippen molar-refractivity contribution in [3.8, 4) is 11.5 Å². The lowest BCUT2D eigenvalue weighted by atomic mass is 9.97. The van der Waals surface area contributed by atoms with Gasteiger partial charge in [0.05, 0.1) is 0 Å². The summed E-state index contributed by atoms with van der Waals surface area (Å²) in [7, 11) is 0. The Bertz CT molecular complexity index is 1070. The first-order chi connectivity index (χ1) is 14.5. The SMILES string of the molecule is CC[C@H](C)c1ccccc1NC(=O)COC(=O)Cn1nc(-c2ccccc2)oc1=O. The molecule has 3 rings (SSSR count). The fourth-order valence-electron chi connectivity index (χ4n) is 2.86. The lowest BCUT2D eigenvalue weighted by Crippen LogP contribution is -2.26. The number of anilines is 1. The molecule has 3 aromatic rings. The number of aromatic nitrogens is 2. The van der Waals surface area contributed by atoms with Crippen molar-refractivity contribution in [2.45, 2.75) is 32.7 Å². The van der Waals surface area contributed by atoms with Crippen LogP contribution in [-0.4, -0.2) is 28.3 Å². The standard InChI is InChI=1S/C22H23N3O5/c1-3-15(2)17-11-7-8-12-18(17)23-19(26)14-29-20(27)13-25-22(28)30-21(24-25)16-9-5-4-6-10-16/h4-12,15H,3,13-14H2,1-2H3,(H,23,26)/t15-/m0/s1. The summed E-state index contributed by atoms with van der Waals surface area (Å²) in [4.78, 5) is 36.1. The van der Waals surface area contributed by atoms with E-state index in [0.717, 1.165) is 16.7 Å². The average Bonchev–Trinajstić information content (AvgIpc) is 3.13. The third kappa shape index (κ3) is 5.22. The van der Waals surface area contributed by atoms with E-state index >= 15 is 0 Å². The molecule has 0 aliphatic carbocycles. The number of hydrogen-bond acceptors (Lipinski definition) is 6. The van der Waals surface area contributed by atoms with Crippen LogP contribution in [-0.2, 0) is 20.9 Å². The summed E-state index contributed by atoms with van der Waals surface area (Å²) >= 11 is 0. The van der Waals surface area contributed by atoms with E-state index in [4.69, 9.17) is 9.15 Å². The second-order valence-electron chi connectivity index (χ2n) is 6.80. The molecule has 30 heavy (non-hydrogen) atoms. The molecule has 1 aromatic heterocycles. The van der Waals surface area contributed by atoms with E-state index < -0.39 is 30.8 Å². The number of ether oxygens (including phenoxy) is 1. The average molecular weight is 409 g/mol. The maximum absolute atomic E-state index is 12.2. The van der Waals surface area contributed by atoms with Crippen LogP contribution in [0, 0.1) is 0 Å². The predicted octanol–water partition coefficient (Wildman–Crippen LogP) is 3.20. The molecule has 1 N–H and O–H groups in total. The van der Waals surface area contributed by atoms with Crippen molar-refractivity contribution >= 4 is 17.6 Å². The van der Waals surface area contributed by atoms with Crippen molar-refractivity contribution in [3.05, 3.63) is 70.7 Å². The summed E-state index contributed by atoms with van der Waals surface area (Å²) in [5.74, 6) is -1.63. The molecular formula is C22H23N3O5. The third-order valence-corrected chi connectivity index (χ3v) is 4.65. The Balaban J connectivity index is 1.56. The normalized spacial score (nSPS) is 11.7. The van der Waals surface area contributed by atoms with E-state index in [1.165, 1.54) is 0 Å². The molecule has 156 valence electrons. The topological polar surface area (TPSA) is 103 Å². The number of carbonyl (C=O) groups excluding carboxylic acids is 2. The second kappa shape index (κ2) is 9.69. The molecule has 8 heteroatoms. The van der Waals surface area contributed by atoms with Gasteiger partial charge in [-0.05, 0) is 36.1 Å². The molecule has 0 bridgehead atoms. The summed E-state index contributed by atoms with van der Waals surface area (Å²) in [6.07, 6.45) is 0.930. The molecule has 0 aliphatic rings. The monoisotopic (exact) mass is 409 g/mol. The van der Waals surface area contributed by atoms with Crippen LogP contribution < -0.4 is 11.1 Å². The van der Waals surface area contributed by atoms with Crippen LogP contribution in [0.3, 0.4) is 0 Å². The highest BCUT2D eigenvalue weighted by Gasteiger charge is 2.16. The fourth-order valence-corrected chi connectivity index (χ4v) is 2.86. The van der Waals surface area contributed by atoms with Crippen LogP contribution in [0.2, 0.25) is 0 Å². The Labute approximate surface area is 173 Å². The van der Waals surface area contributed by atoms with E-state index in [2.05, 4.69) is 24.3 Å². The maximum Gasteiger partial charge on any atom is 0.437 e. The first-order valence-electron chi connectivity index (χ1n) is 9.65. The predicted molar refractivity (Wildman–Crippen MR) is 111 cm³/mol. The zero-order chi connectivity index (χ0) is 21.5. The number of nitrogens with one attached hydrogen (secondary N) is 1. The quantitative estimate of drug-likeness (QED) is 0.573. The molecule has 0 saturated heterocycles. The van der Waals surface area contributed by atoms with E-state index in [0.29, 0.717) is 11.3 Å². The molecule has 1 atom stereocenters. The minimum atomic E-state index is -0.780. The molecule has 0 radical (unpaired) electrons. The Morgan fingerprint density at radius 1 is 1.13 bits per heavy atom. The molecule has 0 spiro atoms. The maximum atomic E-state index is 12.2. The van der Waals surface area contributed by atoms with Crippen LogP contribution in [0.25, 0.3) is 11.5 Å². The molecule has 1 amide bonds. The highest BCUT2D eigenvalue weighted by Crippen LogP contribution is 2.26. The fraction of sp³-hybridized carbons (Fsp3) is 0.273. The van der Waals surface area contributed by atoms with Crippen LogP contribution >= 0.6 is 0 Å². The summed E-state index contributed by atoms with van der Waals surface area (Å²) in [6, 6.07) is 16.3. The van der Waals surface area contributed by atoms with Crippen molar-refractivity contribution in [2.75, 3.05) is 11.9 Å². The molecular weight excluding hydrogens is 386 g/mol. The van der Waals surface area contributed by atoms with Gasteiger partial charge in [-0.1, -0.05) is 50.2 Å². The zero-order valence-electron chi connectivity index (χ0n) is 16.8. The number of benzene rings is 2. The lowest BCUT2D eigenvalue weighted by Gasteiger charge is -2.15. The van der Waals surface area contributed by atoms with Crippen molar-refractivity contribution < 1.29 is 18.7 Å². The number of carbonyl (C=O) groups is 2. The van der Waals surface area contributed by atoms with Gasteiger partial charge in [-0.3, -0.25) is 9.59 Å².